The second kappa shape index (κ2) is 4.75. The summed E-state index contributed by atoms with van der Waals surface area (Å²) in [6, 6.07) is 0. The number of carboxylic acids is 1. The average molecular weight is 224 g/mol. The number of sulfone groups is 1. The number of hydrogen-bond donors (Lipinski definition) is 1. The first kappa shape index (κ1) is 13.4. The first-order valence-electron chi connectivity index (χ1n) is 4.18. The van der Waals surface area contributed by atoms with Gasteiger partial charge in [0.05, 0.1) is 17.1 Å². The van der Waals surface area contributed by atoms with Crippen molar-refractivity contribution in [1.29, 1.82) is 0 Å². The number of rotatable bonds is 5. The zero-order valence-electron chi connectivity index (χ0n) is 8.61. The number of aliphatic carboxylic acids is 1. The summed E-state index contributed by atoms with van der Waals surface area (Å²) in [6.45, 7) is 4.25. The van der Waals surface area contributed by atoms with E-state index in [-0.39, 0.29) is 12.4 Å². The van der Waals surface area contributed by atoms with E-state index in [9.17, 15) is 13.2 Å². The summed E-state index contributed by atoms with van der Waals surface area (Å²) in [5.41, 5.74) is 0. The summed E-state index contributed by atoms with van der Waals surface area (Å²) in [5.74, 6) is -1.25. The van der Waals surface area contributed by atoms with Crippen LogP contribution >= 0.6 is 0 Å². The molecule has 0 radical (unpaired) electrons. The van der Waals surface area contributed by atoms with Crippen LogP contribution in [0.15, 0.2) is 0 Å². The molecular formula is C8H16O5S. The molecule has 84 valence electrons. The van der Waals surface area contributed by atoms with E-state index in [1.165, 1.54) is 0 Å². The summed E-state index contributed by atoms with van der Waals surface area (Å²) >= 11 is 0. The van der Waals surface area contributed by atoms with Crippen LogP contribution in [-0.4, -0.2) is 43.2 Å². The molecule has 14 heavy (non-hydrogen) atoms. The van der Waals surface area contributed by atoms with Crippen molar-refractivity contribution >= 4 is 15.8 Å². The van der Waals surface area contributed by atoms with E-state index in [1.807, 2.05) is 0 Å². The molecule has 0 aromatic rings. The monoisotopic (exact) mass is 224 g/mol. The van der Waals surface area contributed by atoms with E-state index < -0.39 is 27.2 Å². The third-order valence-electron chi connectivity index (χ3n) is 1.65. The van der Waals surface area contributed by atoms with Crippen molar-refractivity contribution in [3.8, 4) is 0 Å². The molecule has 0 atom stereocenters. The molecule has 6 heteroatoms. The van der Waals surface area contributed by atoms with Crippen molar-refractivity contribution in [2.24, 2.45) is 0 Å². The highest BCUT2D eigenvalue weighted by Gasteiger charge is 2.28. The fourth-order valence-corrected chi connectivity index (χ4v) is 1.58. The molecule has 0 fully saturated rings. The highest BCUT2D eigenvalue weighted by Crippen LogP contribution is 2.15. The van der Waals surface area contributed by atoms with Crippen molar-refractivity contribution in [1.82, 2.24) is 0 Å². The summed E-state index contributed by atoms with van der Waals surface area (Å²) < 4.78 is 26.8. The van der Waals surface area contributed by atoms with E-state index in [1.54, 1.807) is 20.8 Å². The molecule has 0 saturated carbocycles. The molecule has 0 saturated heterocycles. The van der Waals surface area contributed by atoms with Crippen molar-refractivity contribution in [3.05, 3.63) is 0 Å². The zero-order chi connectivity index (χ0) is 11.4. The van der Waals surface area contributed by atoms with Gasteiger partial charge in [0, 0.05) is 0 Å². The van der Waals surface area contributed by atoms with E-state index in [2.05, 4.69) is 4.74 Å². The molecule has 0 aliphatic rings. The number of ether oxygens (including phenoxy) is 1. The topological polar surface area (TPSA) is 80.7 Å². The Kier molecular flexibility index (Phi) is 4.54. The molecule has 0 spiro atoms. The Balaban J connectivity index is 3.97. The van der Waals surface area contributed by atoms with Gasteiger partial charge in [0.15, 0.2) is 9.84 Å². The third-order valence-corrected chi connectivity index (χ3v) is 4.23. The molecule has 0 aliphatic carbocycles. The van der Waals surface area contributed by atoms with Gasteiger partial charge in [0.1, 0.15) is 6.61 Å². The minimum atomic E-state index is -3.21. The van der Waals surface area contributed by atoms with E-state index >= 15 is 0 Å². The van der Waals surface area contributed by atoms with Crippen LogP contribution in [0.2, 0.25) is 0 Å². The maximum Gasteiger partial charge on any atom is 0.329 e. The maximum absolute atomic E-state index is 11.5. The molecule has 0 unspecified atom stereocenters. The van der Waals surface area contributed by atoms with Crippen LogP contribution in [-0.2, 0) is 19.4 Å². The molecule has 0 bridgehead atoms. The van der Waals surface area contributed by atoms with Gasteiger partial charge in [-0.1, -0.05) is 0 Å². The van der Waals surface area contributed by atoms with E-state index in [4.69, 9.17) is 5.11 Å². The van der Waals surface area contributed by atoms with Gasteiger partial charge in [-0.05, 0) is 20.8 Å². The van der Waals surface area contributed by atoms with Crippen LogP contribution in [0.3, 0.4) is 0 Å². The number of carboxylic acid groups (broad SMARTS) is 1. The van der Waals surface area contributed by atoms with Gasteiger partial charge in [-0.25, -0.2) is 13.2 Å². The first-order valence-corrected chi connectivity index (χ1v) is 5.84. The average Bonchev–Trinajstić information content (AvgIpc) is 1.95. The van der Waals surface area contributed by atoms with Crippen LogP contribution in [0.25, 0.3) is 0 Å². The SMILES string of the molecule is CC(C)(C)S(=O)(=O)CCOCC(=O)O. The van der Waals surface area contributed by atoms with Crippen LogP contribution in [0.1, 0.15) is 20.8 Å². The van der Waals surface area contributed by atoms with Gasteiger partial charge >= 0.3 is 5.97 Å². The zero-order valence-corrected chi connectivity index (χ0v) is 9.43. The van der Waals surface area contributed by atoms with E-state index in [0.717, 1.165) is 0 Å². The highest BCUT2D eigenvalue weighted by molar-refractivity contribution is 7.92. The molecule has 0 aromatic carbocycles. The summed E-state index contributed by atoms with van der Waals surface area (Å²) in [5, 5.41) is 8.23. The van der Waals surface area contributed by atoms with Gasteiger partial charge in [0.2, 0.25) is 0 Å². The van der Waals surface area contributed by atoms with Crippen LogP contribution in [0, 0.1) is 0 Å². The molecule has 5 nitrogen and oxygen atoms in total. The van der Waals surface area contributed by atoms with Crippen molar-refractivity contribution in [2.75, 3.05) is 19.0 Å². The highest BCUT2D eigenvalue weighted by atomic mass is 32.2. The summed E-state index contributed by atoms with van der Waals surface area (Å²) in [6.07, 6.45) is 0. The first-order chi connectivity index (χ1) is 6.17. The predicted molar refractivity (Wildman–Crippen MR) is 52.0 cm³/mol. The second-order valence-corrected chi connectivity index (χ2v) is 6.74. The van der Waals surface area contributed by atoms with Gasteiger partial charge in [0.25, 0.3) is 0 Å². The number of hydrogen-bond acceptors (Lipinski definition) is 4. The fourth-order valence-electron chi connectivity index (χ4n) is 0.634. The molecular weight excluding hydrogens is 208 g/mol. The van der Waals surface area contributed by atoms with Gasteiger partial charge < -0.3 is 9.84 Å². The Labute approximate surface area is 84.0 Å². The molecule has 0 amide bonds. The lowest BCUT2D eigenvalue weighted by molar-refractivity contribution is -0.142. The van der Waals surface area contributed by atoms with Gasteiger partial charge in [-0.15, -0.1) is 0 Å². The minimum absolute atomic E-state index is 0.0775. The Morgan fingerprint density at radius 3 is 2.21 bits per heavy atom. The standard InChI is InChI=1S/C8H16O5S/c1-8(2,3)14(11,12)5-4-13-6-7(9)10/h4-6H2,1-3H3,(H,9,10). The van der Waals surface area contributed by atoms with Crippen molar-refractivity contribution in [3.63, 3.8) is 0 Å². The molecule has 0 aromatic heterocycles. The van der Waals surface area contributed by atoms with Gasteiger partial charge in [-0.2, -0.15) is 0 Å². The smallest absolute Gasteiger partial charge is 0.329 e. The Morgan fingerprint density at radius 2 is 1.86 bits per heavy atom. The van der Waals surface area contributed by atoms with Crippen LogP contribution in [0.5, 0.6) is 0 Å². The molecule has 1 N–H and O–H groups in total. The second-order valence-electron chi connectivity index (χ2n) is 3.88. The molecule has 0 heterocycles. The third kappa shape index (κ3) is 4.57. The quantitative estimate of drug-likeness (QED) is 0.679. The summed E-state index contributed by atoms with van der Waals surface area (Å²) in [4.78, 5) is 10.0. The van der Waals surface area contributed by atoms with Crippen molar-refractivity contribution < 1.29 is 23.1 Å². The lowest BCUT2D eigenvalue weighted by atomic mass is 10.3. The fraction of sp³-hybridized carbons (Fsp3) is 0.875. The summed E-state index contributed by atoms with van der Waals surface area (Å²) in [7, 11) is -3.21. The molecule has 0 rings (SSSR count). The van der Waals surface area contributed by atoms with Crippen LogP contribution in [0.4, 0.5) is 0 Å². The van der Waals surface area contributed by atoms with Gasteiger partial charge in [-0.3, -0.25) is 0 Å². The predicted octanol–water partition coefficient (Wildman–Crippen LogP) is 0.301. The maximum atomic E-state index is 11.5. The Hall–Kier alpha value is -0.620. The minimum Gasteiger partial charge on any atom is -0.480 e. The largest absolute Gasteiger partial charge is 0.480 e. The van der Waals surface area contributed by atoms with Crippen LogP contribution < -0.4 is 0 Å². The van der Waals surface area contributed by atoms with Crippen molar-refractivity contribution in [2.45, 2.75) is 25.5 Å². The van der Waals surface area contributed by atoms with E-state index in [0.29, 0.717) is 0 Å². The number of carbonyl (C=O) groups is 1. The Bertz CT molecular complexity index is 285. The lowest BCUT2D eigenvalue weighted by Crippen LogP contribution is -2.32. The normalized spacial score (nSPS) is 12.8. The lowest BCUT2D eigenvalue weighted by Gasteiger charge is -2.18. The molecule has 0 aliphatic heterocycles. The Morgan fingerprint density at radius 1 is 1.36 bits per heavy atom.